The Labute approximate surface area is 194 Å². The lowest BCUT2D eigenvalue weighted by molar-refractivity contribution is 0.208. The first-order valence-electron chi connectivity index (χ1n) is 10.9. The van der Waals surface area contributed by atoms with Crippen molar-refractivity contribution in [3.8, 4) is 22.8 Å². The number of carbonyl (C=O) groups excluding carboxylic acids is 1. The van der Waals surface area contributed by atoms with Gasteiger partial charge in [-0.3, -0.25) is 0 Å². The monoisotopic (exact) mass is 447 g/mol. The highest BCUT2D eigenvalue weighted by Crippen LogP contribution is 2.30. The van der Waals surface area contributed by atoms with Gasteiger partial charge in [0.2, 0.25) is 0 Å². The SMILES string of the molecule is COc1ccc(NC(=O)N2CCN(c3ccc(-c4ccc(C)cc4C)nn3)CC2)cc1OC. The minimum Gasteiger partial charge on any atom is -0.493 e. The number of aryl methyl sites for hydroxylation is 2. The molecule has 0 bridgehead atoms. The lowest BCUT2D eigenvalue weighted by Gasteiger charge is -2.35. The summed E-state index contributed by atoms with van der Waals surface area (Å²) in [6.45, 7) is 6.75. The van der Waals surface area contributed by atoms with Gasteiger partial charge < -0.3 is 24.6 Å². The topological polar surface area (TPSA) is 79.8 Å². The van der Waals surface area contributed by atoms with Crippen LogP contribution in [0.3, 0.4) is 0 Å². The maximum Gasteiger partial charge on any atom is 0.321 e. The van der Waals surface area contributed by atoms with Crippen LogP contribution in [0.4, 0.5) is 16.3 Å². The molecule has 2 heterocycles. The number of anilines is 2. The molecule has 4 rings (SSSR count). The third-order valence-corrected chi connectivity index (χ3v) is 5.83. The minimum atomic E-state index is -0.141. The predicted molar refractivity (Wildman–Crippen MR) is 129 cm³/mol. The molecule has 33 heavy (non-hydrogen) atoms. The number of hydrogen-bond donors (Lipinski definition) is 1. The summed E-state index contributed by atoms with van der Waals surface area (Å²) in [5.74, 6) is 2.01. The molecule has 0 atom stereocenters. The van der Waals surface area contributed by atoms with Crippen molar-refractivity contribution >= 4 is 17.5 Å². The van der Waals surface area contributed by atoms with Gasteiger partial charge in [0.1, 0.15) is 0 Å². The molecule has 0 aliphatic carbocycles. The van der Waals surface area contributed by atoms with Gasteiger partial charge in [-0.15, -0.1) is 10.2 Å². The van der Waals surface area contributed by atoms with Gasteiger partial charge in [0.05, 0.1) is 19.9 Å². The number of rotatable bonds is 5. The Morgan fingerprint density at radius 3 is 2.27 bits per heavy atom. The van der Waals surface area contributed by atoms with Crippen molar-refractivity contribution < 1.29 is 14.3 Å². The first-order chi connectivity index (χ1) is 16.0. The third-order valence-electron chi connectivity index (χ3n) is 5.83. The molecule has 0 spiro atoms. The fourth-order valence-corrected chi connectivity index (χ4v) is 3.99. The van der Waals surface area contributed by atoms with E-state index in [1.807, 2.05) is 12.1 Å². The average Bonchev–Trinajstić information content (AvgIpc) is 2.84. The summed E-state index contributed by atoms with van der Waals surface area (Å²) < 4.78 is 10.6. The summed E-state index contributed by atoms with van der Waals surface area (Å²) in [7, 11) is 3.15. The van der Waals surface area contributed by atoms with Gasteiger partial charge in [-0.25, -0.2) is 4.79 Å². The van der Waals surface area contributed by atoms with Gasteiger partial charge in [0.25, 0.3) is 0 Å². The molecule has 2 aromatic carbocycles. The van der Waals surface area contributed by atoms with E-state index in [1.54, 1.807) is 37.3 Å². The van der Waals surface area contributed by atoms with E-state index in [9.17, 15) is 4.79 Å². The second-order valence-corrected chi connectivity index (χ2v) is 8.07. The summed E-state index contributed by atoms with van der Waals surface area (Å²) in [5, 5.41) is 11.8. The number of amides is 2. The fourth-order valence-electron chi connectivity index (χ4n) is 3.99. The summed E-state index contributed by atoms with van der Waals surface area (Å²) >= 11 is 0. The largest absolute Gasteiger partial charge is 0.493 e. The van der Waals surface area contributed by atoms with E-state index in [2.05, 4.69) is 52.5 Å². The van der Waals surface area contributed by atoms with Crippen molar-refractivity contribution in [2.45, 2.75) is 13.8 Å². The molecule has 1 N–H and O–H groups in total. The summed E-state index contributed by atoms with van der Waals surface area (Å²) in [6.07, 6.45) is 0. The molecule has 0 radical (unpaired) electrons. The quantitative estimate of drug-likeness (QED) is 0.634. The number of aromatic nitrogens is 2. The van der Waals surface area contributed by atoms with E-state index in [1.165, 1.54) is 11.1 Å². The van der Waals surface area contributed by atoms with Crippen LogP contribution in [0.2, 0.25) is 0 Å². The lowest BCUT2D eigenvalue weighted by Crippen LogP contribution is -2.50. The van der Waals surface area contributed by atoms with Crippen molar-refractivity contribution in [2.75, 3.05) is 50.6 Å². The van der Waals surface area contributed by atoms with Gasteiger partial charge in [0.15, 0.2) is 17.3 Å². The van der Waals surface area contributed by atoms with Crippen LogP contribution in [0.25, 0.3) is 11.3 Å². The smallest absolute Gasteiger partial charge is 0.321 e. The van der Waals surface area contributed by atoms with E-state index < -0.39 is 0 Å². The Morgan fingerprint density at radius 1 is 0.879 bits per heavy atom. The molecule has 1 fully saturated rings. The maximum atomic E-state index is 12.7. The van der Waals surface area contributed by atoms with Crippen LogP contribution in [0.5, 0.6) is 11.5 Å². The summed E-state index contributed by atoms with van der Waals surface area (Å²) in [4.78, 5) is 16.7. The fraction of sp³-hybridized carbons (Fsp3) is 0.320. The van der Waals surface area contributed by atoms with Gasteiger partial charge in [0, 0.05) is 43.5 Å². The second kappa shape index (κ2) is 9.77. The van der Waals surface area contributed by atoms with Crippen LogP contribution in [0.15, 0.2) is 48.5 Å². The molecule has 172 valence electrons. The molecule has 1 aromatic heterocycles. The molecule has 1 aliphatic rings. The van der Waals surface area contributed by atoms with Gasteiger partial charge in [-0.1, -0.05) is 23.8 Å². The minimum absolute atomic E-state index is 0.141. The highest BCUT2D eigenvalue weighted by Gasteiger charge is 2.22. The first kappa shape index (κ1) is 22.4. The number of methoxy groups -OCH3 is 2. The Balaban J connectivity index is 1.35. The van der Waals surface area contributed by atoms with Crippen LogP contribution < -0.4 is 19.7 Å². The van der Waals surface area contributed by atoms with E-state index in [-0.39, 0.29) is 6.03 Å². The molecule has 1 saturated heterocycles. The molecule has 8 heteroatoms. The van der Waals surface area contributed by atoms with Crippen LogP contribution in [-0.4, -0.2) is 61.5 Å². The van der Waals surface area contributed by atoms with Crippen molar-refractivity contribution in [3.05, 3.63) is 59.7 Å². The normalized spacial score (nSPS) is 13.6. The zero-order valence-electron chi connectivity index (χ0n) is 19.5. The zero-order valence-corrected chi connectivity index (χ0v) is 19.5. The molecule has 0 unspecified atom stereocenters. The van der Waals surface area contributed by atoms with E-state index in [0.717, 1.165) is 17.1 Å². The number of benzene rings is 2. The van der Waals surface area contributed by atoms with Gasteiger partial charge in [-0.2, -0.15) is 0 Å². The van der Waals surface area contributed by atoms with Gasteiger partial charge in [-0.05, 0) is 43.7 Å². The van der Waals surface area contributed by atoms with Crippen molar-refractivity contribution in [2.24, 2.45) is 0 Å². The Bertz CT molecular complexity index is 1130. The maximum absolute atomic E-state index is 12.7. The number of piperazine rings is 1. The van der Waals surface area contributed by atoms with Crippen LogP contribution in [0.1, 0.15) is 11.1 Å². The van der Waals surface area contributed by atoms with Crippen LogP contribution >= 0.6 is 0 Å². The van der Waals surface area contributed by atoms with E-state index in [4.69, 9.17) is 9.47 Å². The van der Waals surface area contributed by atoms with Crippen molar-refractivity contribution in [3.63, 3.8) is 0 Å². The van der Waals surface area contributed by atoms with Crippen LogP contribution in [-0.2, 0) is 0 Å². The van der Waals surface area contributed by atoms with Crippen molar-refractivity contribution in [1.29, 1.82) is 0 Å². The Hall–Kier alpha value is -3.81. The van der Waals surface area contributed by atoms with Crippen molar-refractivity contribution in [1.82, 2.24) is 15.1 Å². The molecule has 8 nitrogen and oxygen atoms in total. The molecule has 3 aromatic rings. The van der Waals surface area contributed by atoms with E-state index >= 15 is 0 Å². The Kier molecular flexibility index (Phi) is 6.63. The third kappa shape index (κ3) is 5.00. The number of hydrogen-bond acceptors (Lipinski definition) is 6. The number of carbonyl (C=O) groups is 1. The Morgan fingerprint density at radius 2 is 1.64 bits per heavy atom. The summed E-state index contributed by atoms with van der Waals surface area (Å²) in [6, 6.07) is 15.5. The highest BCUT2D eigenvalue weighted by atomic mass is 16.5. The average molecular weight is 448 g/mol. The number of urea groups is 1. The number of ether oxygens (including phenoxy) is 2. The molecular weight excluding hydrogens is 418 g/mol. The van der Waals surface area contributed by atoms with E-state index in [0.29, 0.717) is 43.4 Å². The molecule has 2 amide bonds. The first-order valence-corrected chi connectivity index (χ1v) is 10.9. The molecule has 1 aliphatic heterocycles. The zero-order chi connectivity index (χ0) is 23.4. The summed E-state index contributed by atoms with van der Waals surface area (Å²) in [5.41, 5.74) is 5.04. The molecular formula is C25H29N5O3. The predicted octanol–water partition coefficient (Wildman–Crippen LogP) is 4.13. The number of nitrogens with zero attached hydrogens (tertiary/aromatic N) is 4. The van der Waals surface area contributed by atoms with Gasteiger partial charge >= 0.3 is 6.03 Å². The van der Waals surface area contributed by atoms with Crippen LogP contribution in [0, 0.1) is 13.8 Å². The highest BCUT2D eigenvalue weighted by molar-refractivity contribution is 5.90. The lowest BCUT2D eigenvalue weighted by atomic mass is 10.0. The molecule has 0 saturated carbocycles. The second-order valence-electron chi connectivity index (χ2n) is 8.07. The standard InChI is InChI=1S/C25H29N5O3/c1-17-5-7-20(18(2)15-17)21-8-10-24(28-27-21)29-11-13-30(14-12-29)25(31)26-19-6-9-22(32-3)23(16-19)33-4/h5-10,15-16H,11-14H2,1-4H3,(H,26,31). The number of nitrogens with one attached hydrogen (secondary N) is 1.